The Labute approximate surface area is 72.9 Å². The molecule has 0 bridgehead atoms. The van der Waals surface area contributed by atoms with Gasteiger partial charge >= 0.3 is 0 Å². The summed E-state index contributed by atoms with van der Waals surface area (Å²) in [6, 6.07) is 1.89. The Bertz CT molecular complexity index is 187. The van der Waals surface area contributed by atoms with Gasteiger partial charge in [-0.05, 0) is 20.8 Å². The Balaban J connectivity index is 3.56. The molecule has 0 aliphatic heterocycles. The van der Waals surface area contributed by atoms with Crippen LogP contribution in [0.4, 0.5) is 0 Å². The van der Waals surface area contributed by atoms with Gasteiger partial charge in [0, 0.05) is 5.54 Å². The maximum atomic E-state index is 11.1. The van der Waals surface area contributed by atoms with Gasteiger partial charge in [-0.15, -0.1) is 0 Å². The van der Waals surface area contributed by atoms with Crippen LogP contribution in [0.2, 0.25) is 0 Å². The van der Waals surface area contributed by atoms with Crippen LogP contribution in [0.15, 0.2) is 0 Å². The van der Waals surface area contributed by atoms with Crippen LogP contribution in [-0.2, 0) is 4.79 Å². The molecule has 0 aliphatic rings. The van der Waals surface area contributed by atoms with Crippen LogP contribution in [-0.4, -0.2) is 24.5 Å². The first-order valence-electron chi connectivity index (χ1n) is 3.84. The third-order valence-corrected chi connectivity index (χ3v) is 1.00. The first-order chi connectivity index (χ1) is 5.45. The molecule has 0 spiro atoms. The molecule has 0 aromatic rings. The summed E-state index contributed by atoms with van der Waals surface area (Å²) in [7, 11) is 0. The second kappa shape index (κ2) is 4.73. The van der Waals surface area contributed by atoms with Crippen molar-refractivity contribution in [2.24, 2.45) is 0 Å². The van der Waals surface area contributed by atoms with E-state index >= 15 is 0 Å². The summed E-state index contributed by atoms with van der Waals surface area (Å²) in [5.41, 5.74) is -0.203. The van der Waals surface area contributed by atoms with Crippen molar-refractivity contribution in [2.75, 3.05) is 13.1 Å². The lowest BCUT2D eigenvalue weighted by atomic mass is 10.1. The molecule has 0 aromatic heterocycles. The van der Waals surface area contributed by atoms with Gasteiger partial charge in [-0.2, -0.15) is 5.26 Å². The summed E-state index contributed by atoms with van der Waals surface area (Å²) in [5.74, 6) is -0.0854. The van der Waals surface area contributed by atoms with E-state index in [-0.39, 0.29) is 24.5 Å². The van der Waals surface area contributed by atoms with E-state index in [4.69, 9.17) is 5.26 Å². The van der Waals surface area contributed by atoms with Crippen LogP contribution in [0.3, 0.4) is 0 Å². The molecule has 0 atom stereocenters. The molecule has 0 aromatic carbocycles. The first-order valence-corrected chi connectivity index (χ1v) is 3.84. The highest BCUT2D eigenvalue weighted by molar-refractivity contribution is 5.78. The zero-order valence-corrected chi connectivity index (χ0v) is 7.77. The Morgan fingerprint density at radius 3 is 2.50 bits per heavy atom. The maximum Gasteiger partial charge on any atom is 0.234 e. The van der Waals surface area contributed by atoms with Gasteiger partial charge < -0.3 is 5.32 Å². The van der Waals surface area contributed by atoms with Crippen LogP contribution in [0.5, 0.6) is 0 Å². The highest BCUT2D eigenvalue weighted by Gasteiger charge is 2.12. The number of amides is 1. The largest absolute Gasteiger partial charge is 0.350 e. The molecule has 12 heavy (non-hydrogen) atoms. The number of carbonyl (C=O) groups excluding carboxylic acids is 1. The molecule has 1 amide bonds. The lowest BCUT2D eigenvalue weighted by Crippen LogP contribution is -2.44. The number of carbonyl (C=O) groups is 1. The minimum absolute atomic E-state index is 0.0854. The summed E-state index contributed by atoms with van der Waals surface area (Å²) < 4.78 is 0. The van der Waals surface area contributed by atoms with Gasteiger partial charge in [0.05, 0.1) is 19.2 Å². The van der Waals surface area contributed by atoms with Gasteiger partial charge in [0.25, 0.3) is 0 Å². The molecule has 0 radical (unpaired) electrons. The zero-order valence-electron chi connectivity index (χ0n) is 7.77. The molecule has 4 heteroatoms. The summed E-state index contributed by atoms with van der Waals surface area (Å²) in [6.07, 6.45) is 0. The second-order valence-electron chi connectivity index (χ2n) is 3.56. The number of hydrogen-bond donors (Lipinski definition) is 2. The van der Waals surface area contributed by atoms with E-state index in [1.165, 1.54) is 0 Å². The fraction of sp³-hybridized carbons (Fsp3) is 0.750. The quantitative estimate of drug-likeness (QED) is 0.462. The molecule has 0 heterocycles. The minimum atomic E-state index is -0.203. The summed E-state index contributed by atoms with van der Waals surface area (Å²) in [5, 5.41) is 13.6. The maximum absolute atomic E-state index is 11.1. The fourth-order valence-electron chi connectivity index (χ4n) is 0.694. The Kier molecular flexibility index (Phi) is 4.30. The Hall–Kier alpha value is -1.08. The third kappa shape index (κ3) is 7.03. The Morgan fingerprint density at radius 2 is 2.08 bits per heavy atom. The van der Waals surface area contributed by atoms with Crippen molar-refractivity contribution >= 4 is 5.91 Å². The molecule has 68 valence electrons. The topological polar surface area (TPSA) is 64.9 Å². The van der Waals surface area contributed by atoms with Gasteiger partial charge in [0.15, 0.2) is 0 Å². The highest BCUT2D eigenvalue weighted by atomic mass is 16.2. The molecule has 4 nitrogen and oxygen atoms in total. The van der Waals surface area contributed by atoms with Crippen molar-refractivity contribution in [3.63, 3.8) is 0 Å². The lowest BCUT2D eigenvalue weighted by Gasteiger charge is -2.20. The zero-order chi connectivity index (χ0) is 9.61. The summed E-state index contributed by atoms with van der Waals surface area (Å²) in [4.78, 5) is 11.1. The van der Waals surface area contributed by atoms with Crippen molar-refractivity contribution in [1.82, 2.24) is 10.6 Å². The number of nitriles is 1. The number of hydrogen-bond acceptors (Lipinski definition) is 3. The van der Waals surface area contributed by atoms with Crippen LogP contribution in [0.25, 0.3) is 0 Å². The van der Waals surface area contributed by atoms with Crippen molar-refractivity contribution in [2.45, 2.75) is 26.3 Å². The van der Waals surface area contributed by atoms with Gasteiger partial charge in [-0.25, -0.2) is 0 Å². The average Bonchev–Trinajstić information content (AvgIpc) is 1.84. The van der Waals surface area contributed by atoms with E-state index in [1.807, 2.05) is 26.8 Å². The molecule has 2 N–H and O–H groups in total. The number of rotatable bonds is 3. The molecular formula is C8H15N3O. The van der Waals surface area contributed by atoms with E-state index in [0.29, 0.717) is 0 Å². The second-order valence-corrected chi connectivity index (χ2v) is 3.56. The van der Waals surface area contributed by atoms with E-state index in [9.17, 15) is 4.79 Å². The van der Waals surface area contributed by atoms with Crippen molar-refractivity contribution in [3.8, 4) is 6.07 Å². The highest BCUT2D eigenvalue weighted by Crippen LogP contribution is 1.96. The minimum Gasteiger partial charge on any atom is -0.350 e. The molecule has 0 fully saturated rings. The van der Waals surface area contributed by atoms with Crippen molar-refractivity contribution in [3.05, 3.63) is 0 Å². The molecule has 0 rings (SSSR count). The molecule has 0 unspecified atom stereocenters. The average molecular weight is 169 g/mol. The summed E-state index contributed by atoms with van der Waals surface area (Å²) in [6.45, 7) is 6.14. The van der Waals surface area contributed by atoms with Gasteiger partial charge in [-0.1, -0.05) is 0 Å². The lowest BCUT2D eigenvalue weighted by molar-refractivity contribution is -0.121. The van der Waals surface area contributed by atoms with Crippen LogP contribution in [0, 0.1) is 11.3 Å². The fourth-order valence-corrected chi connectivity index (χ4v) is 0.694. The molecule has 0 saturated carbocycles. The summed E-state index contributed by atoms with van der Waals surface area (Å²) >= 11 is 0. The van der Waals surface area contributed by atoms with Gasteiger partial charge in [-0.3, -0.25) is 10.1 Å². The molecular weight excluding hydrogens is 154 g/mol. The Morgan fingerprint density at radius 1 is 1.50 bits per heavy atom. The standard InChI is InChI=1S/C8H15N3O/c1-8(2,3)11-7(12)6-10-5-4-9/h10H,5-6H2,1-3H3,(H,11,12). The SMILES string of the molecule is CC(C)(C)NC(=O)CNCC#N. The van der Waals surface area contributed by atoms with E-state index in [1.54, 1.807) is 0 Å². The van der Waals surface area contributed by atoms with Gasteiger partial charge in [0.2, 0.25) is 5.91 Å². The normalized spacial score (nSPS) is 10.5. The molecule has 0 saturated heterocycles. The first kappa shape index (κ1) is 10.9. The smallest absolute Gasteiger partial charge is 0.234 e. The van der Waals surface area contributed by atoms with Crippen LogP contribution in [0.1, 0.15) is 20.8 Å². The van der Waals surface area contributed by atoms with E-state index in [2.05, 4.69) is 10.6 Å². The van der Waals surface area contributed by atoms with Gasteiger partial charge in [0.1, 0.15) is 0 Å². The van der Waals surface area contributed by atoms with Crippen LogP contribution >= 0.6 is 0 Å². The van der Waals surface area contributed by atoms with Crippen molar-refractivity contribution < 1.29 is 4.79 Å². The predicted molar refractivity (Wildman–Crippen MR) is 46.4 cm³/mol. The van der Waals surface area contributed by atoms with E-state index in [0.717, 1.165) is 0 Å². The monoisotopic (exact) mass is 169 g/mol. The van der Waals surface area contributed by atoms with Crippen molar-refractivity contribution in [1.29, 1.82) is 5.26 Å². The van der Waals surface area contributed by atoms with Crippen LogP contribution < -0.4 is 10.6 Å². The predicted octanol–water partition coefficient (Wildman–Crippen LogP) is 0.0143. The third-order valence-electron chi connectivity index (χ3n) is 1.00. The van der Waals surface area contributed by atoms with E-state index < -0.39 is 0 Å². The number of nitrogens with zero attached hydrogens (tertiary/aromatic N) is 1. The number of nitrogens with one attached hydrogen (secondary N) is 2. The molecule has 0 aliphatic carbocycles.